The van der Waals surface area contributed by atoms with Gasteiger partial charge in [0.25, 0.3) is 5.91 Å². The zero-order chi connectivity index (χ0) is 23.2. The van der Waals surface area contributed by atoms with E-state index in [1.807, 2.05) is 6.07 Å². The van der Waals surface area contributed by atoms with Gasteiger partial charge in [-0.2, -0.15) is 0 Å². The van der Waals surface area contributed by atoms with Crippen molar-refractivity contribution in [3.8, 4) is 22.6 Å². The molecule has 6 nitrogen and oxygen atoms in total. The highest BCUT2D eigenvalue weighted by Crippen LogP contribution is 2.32. The standard InChI is InChI=1S/C26H27FN2O4/c1-32-25-8-6-17(12-23(25)27)14-29-26(31)21-13-18(22-15-28-11-10-19(22)16-30)7-9-24(21)33-20-4-2-3-5-20/h6-13,15,20,30H,2-5,14,16H2,1H3,(H,29,31). The van der Waals surface area contributed by atoms with E-state index in [1.54, 1.807) is 36.7 Å². The monoisotopic (exact) mass is 450 g/mol. The van der Waals surface area contributed by atoms with Gasteiger partial charge in [-0.05, 0) is 72.7 Å². The summed E-state index contributed by atoms with van der Waals surface area (Å²) in [6.45, 7) is 0.0182. The van der Waals surface area contributed by atoms with Crippen LogP contribution < -0.4 is 14.8 Å². The number of carbonyl (C=O) groups excluding carboxylic acids is 1. The number of ether oxygens (including phenoxy) is 2. The van der Waals surface area contributed by atoms with E-state index < -0.39 is 5.82 Å². The van der Waals surface area contributed by atoms with Gasteiger partial charge in [0.05, 0.1) is 25.4 Å². The molecule has 0 aliphatic heterocycles. The topological polar surface area (TPSA) is 80.7 Å². The highest BCUT2D eigenvalue weighted by molar-refractivity contribution is 5.98. The Bertz CT molecular complexity index is 1130. The zero-order valence-corrected chi connectivity index (χ0v) is 18.5. The number of nitrogens with one attached hydrogen (secondary N) is 1. The molecule has 0 saturated heterocycles. The SMILES string of the molecule is COc1ccc(CNC(=O)c2cc(-c3cnccc3CO)ccc2OC2CCCC2)cc1F. The molecule has 1 amide bonds. The molecule has 1 aliphatic carbocycles. The maximum atomic E-state index is 14.0. The molecule has 33 heavy (non-hydrogen) atoms. The van der Waals surface area contributed by atoms with Gasteiger partial charge in [-0.1, -0.05) is 12.1 Å². The van der Waals surface area contributed by atoms with Crippen LogP contribution in [0.3, 0.4) is 0 Å². The van der Waals surface area contributed by atoms with Gasteiger partial charge in [0.15, 0.2) is 11.6 Å². The molecule has 0 atom stereocenters. The van der Waals surface area contributed by atoms with Gasteiger partial charge in [0, 0.05) is 24.5 Å². The Balaban J connectivity index is 1.61. The molecule has 0 unspecified atom stereocenters. The summed E-state index contributed by atoms with van der Waals surface area (Å²) in [6.07, 6.45) is 7.53. The molecule has 7 heteroatoms. The molecule has 0 bridgehead atoms. The van der Waals surface area contributed by atoms with Crippen molar-refractivity contribution < 1.29 is 23.8 Å². The summed E-state index contributed by atoms with van der Waals surface area (Å²) in [7, 11) is 1.41. The average Bonchev–Trinajstić information content (AvgIpc) is 3.36. The van der Waals surface area contributed by atoms with Gasteiger partial charge >= 0.3 is 0 Å². The van der Waals surface area contributed by atoms with Crippen molar-refractivity contribution in [1.82, 2.24) is 10.3 Å². The Morgan fingerprint density at radius 1 is 1.15 bits per heavy atom. The Kier molecular flexibility index (Phi) is 7.19. The van der Waals surface area contributed by atoms with E-state index >= 15 is 0 Å². The molecule has 1 aliphatic rings. The minimum Gasteiger partial charge on any atom is -0.494 e. The van der Waals surface area contributed by atoms with E-state index in [4.69, 9.17) is 9.47 Å². The van der Waals surface area contributed by atoms with Gasteiger partial charge in [-0.25, -0.2) is 4.39 Å². The lowest BCUT2D eigenvalue weighted by atomic mass is 9.99. The number of aromatic nitrogens is 1. The van der Waals surface area contributed by atoms with Crippen LogP contribution in [-0.2, 0) is 13.2 Å². The Hall–Kier alpha value is -3.45. The van der Waals surface area contributed by atoms with Crippen molar-refractivity contribution in [2.75, 3.05) is 7.11 Å². The average molecular weight is 451 g/mol. The number of amides is 1. The van der Waals surface area contributed by atoms with Crippen LogP contribution >= 0.6 is 0 Å². The first kappa shape index (κ1) is 22.7. The number of carbonyl (C=O) groups is 1. The first-order valence-corrected chi connectivity index (χ1v) is 11.0. The zero-order valence-electron chi connectivity index (χ0n) is 18.5. The maximum Gasteiger partial charge on any atom is 0.255 e. The number of pyridine rings is 1. The molecule has 4 rings (SSSR count). The van der Waals surface area contributed by atoms with Gasteiger partial charge in [0.1, 0.15) is 5.75 Å². The third-order valence-electron chi connectivity index (χ3n) is 5.88. The van der Waals surface area contributed by atoms with Crippen molar-refractivity contribution in [3.05, 3.63) is 77.4 Å². The number of nitrogens with zero attached hydrogens (tertiary/aromatic N) is 1. The third kappa shape index (κ3) is 5.31. The van der Waals surface area contributed by atoms with Crippen LogP contribution in [0.1, 0.15) is 47.2 Å². The number of hydrogen-bond acceptors (Lipinski definition) is 5. The van der Waals surface area contributed by atoms with Crippen molar-refractivity contribution in [2.24, 2.45) is 0 Å². The molecule has 2 aromatic carbocycles. The molecule has 1 fully saturated rings. The van der Waals surface area contributed by atoms with Crippen molar-refractivity contribution >= 4 is 5.91 Å². The van der Waals surface area contributed by atoms with Crippen molar-refractivity contribution in [1.29, 1.82) is 0 Å². The summed E-state index contributed by atoms with van der Waals surface area (Å²) in [6, 6.07) is 11.7. The summed E-state index contributed by atoms with van der Waals surface area (Å²) < 4.78 is 25.1. The number of benzene rings is 2. The fourth-order valence-corrected chi connectivity index (χ4v) is 4.08. The third-order valence-corrected chi connectivity index (χ3v) is 5.88. The maximum absolute atomic E-state index is 14.0. The molecule has 1 aromatic heterocycles. The number of rotatable bonds is 8. The second-order valence-electron chi connectivity index (χ2n) is 8.08. The van der Waals surface area contributed by atoms with Gasteiger partial charge in [0.2, 0.25) is 0 Å². The molecular formula is C26H27FN2O4. The van der Waals surface area contributed by atoms with Crippen LogP contribution in [-0.4, -0.2) is 29.2 Å². The highest BCUT2D eigenvalue weighted by atomic mass is 19.1. The van der Waals surface area contributed by atoms with Crippen LogP contribution in [0.15, 0.2) is 54.9 Å². The fraction of sp³-hybridized carbons (Fsp3) is 0.308. The second kappa shape index (κ2) is 10.4. The molecule has 2 N–H and O–H groups in total. The van der Waals surface area contributed by atoms with Gasteiger partial charge in [-0.3, -0.25) is 9.78 Å². The Morgan fingerprint density at radius 2 is 1.94 bits per heavy atom. The van der Waals surface area contributed by atoms with Crippen LogP contribution in [0.4, 0.5) is 4.39 Å². The Labute approximate surface area is 192 Å². The van der Waals surface area contributed by atoms with Gasteiger partial charge in [-0.15, -0.1) is 0 Å². The predicted molar refractivity (Wildman–Crippen MR) is 123 cm³/mol. The summed E-state index contributed by atoms with van der Waals surface area (Å²) in [4.78, 5) is 17.3. The molecule has 1 saturated carbocycles. The number of methoxy groups -OCH3 is 1. The van der Waals surface area contributed by atoms with E-state index in [0.29, 0.717) is 16.9 Å². The quantitative estimate of drug-likeness (QED) is 0.523. The summed E-state index contributed by atoms with van der Waals surface area (Å²) >= 11 is 0. The molecule has 3 aromatic rings. The smallest absolute Gasteiger partial charge is 0.255 e. The molecule has 172 valence electrons. The normalized spacial score (nSPS) is 13.7. The van der Waals surface area contributed by atoms with E-state index in [-0.39, 0.29) is 30.9 Å². The van der Waals surface area contributed by atoms with Crippen LogP contribution in [0.25, 0.3) is 11.1 Å². The first-order valence-electron chi connectivity index (χ1n) is 11.0. The lowest BCUT2D eigenvalue weighted by Gasteiger charge is -2.18. The van der Waals surface area contributed by atoms with Crippen molar-refractivity contribution in [3.63, 3.8) is 0 Å². The van der Waals surface area contributed by atoms with Crippen LogP contribution in [0.5, 0.6) is 11.5 Å². The van der Waals surface area contributed by atoms with Crippen LogP contribution in [0.2, 0.25) is 0 Å². The predicted octanol–water partition coefficient (Wildman–Crippen LogP) is 4.64. The second-order valence-corrected chi connectivity index (χ2v) is 8.08. The largest absolute Gasteiger partial charge is 0.494 e. The number of aliphatic hydroxyl groups excluding tert-OH is 1. The molecule has 1 heterocycles. The van der Waals surface area contributed by atoms with Crippen LogP contribution in [0, 0.1) is 5.82 Å². The lowest BCUT2D eigenvalue weighted by molar-refractivity contribution is 0.0943. The summed E-state index contributed by atoms with van der Waals surface area (Å²) in [5.41, 5.74) is 3.23. The lowest BCUT2D eigenvalue weighted by Crippen LogP contribution is -2.24. The number of aliphatic hydroxyl groups is 1. The fourth-order valence-electron chi connectivity index (χ4n) is 4.08. The van der Waals surface area contributed by atoms with Gasteiger partial charge < -0.3 is 19.9 Å². The van der Waals surface area contributed by atoms with E-state index in [2.05, 4.69) is 10.3 Å². The van der Waals surface area contributed by atoms with E-state index in [1.165, 1.54) is 19.2 Å². The molecular weight excluding hydrogens is 423 g/mol. The Morgan fingerprint density at radius 3 is 2.67 bits per heavy atom. The van der Waals surface area contributed by atoms with E-state index in [0.717, 1.165) is 42.4 Å². The summed E-state index contributed by atoms with van der Waals surface area (Å²) in [5.74, 6) is -0.139. The number of halogens is 1. The van der Waals surface area contributed by atoms with E-state index in [9.17, 15) is 14.3 Å². The highest BCUT2D eigenvalue weighted by Gasteiger charge is 2.21. The first-order chi connectivity index (χ1) is 16.1. The minimum atomic E-state index is -0.482. The summed E-state index contributed by atoms with van der Waals surface area (Å²) in [5, 5.41) is 12.6. The minimum absolute atomic E-state index is 0.0875. The van der Waals surface area contributed by atoms with Crippen molar-refractivity contribution in [2.45, 2.75) is 44.9 Å². The molecule has 0 radical (unpaired) electrons. The number of hydrogen-bond donors (Lipinski definition) is 2. The molecule has 0 spiro atoms.